The number of benzene rings is 1. The average molecular weight is 269 g/mol. The van der Waals surface area contributed by atoms with Crippen LogP contribution in [0, 0.1) is 0 Å². The van der Waals surface area contributed by atoms with Gasteiger partial charge in [0, 0.05) is 37.1 Å². The van der Waals surface area contributed by atoms with Gasteiger partial charge in [-0.2, -0.15) is 0 Å². The number of aromatic nitrogens is 1. The molecule has 104 valence electrons. The highest BCUT2D eigenvalue weighted by molar-refractivity contribution is 5.49. The Morgan fingerprint density at radius 3 is 2.65 bits per heavy atom. The molecule has 4 heteroatoms. The topological polar surface area (TPSA) is 48.4 Å². The minimum Gasteiger partial charge on any atom is -0.508 e. The van der Waals surface area contributed by atoms with E-state index in [0.717, 1.165) is 37.4 Å². The highest BCUT2D eigenvalue weighted by Gasteiger charge is 2.19. The SMILES string of the molecule is Oc1cccc(NC2CCN(c3ccccn3)CC2)c1. The van der Waals surface area contributed by atoms with Crippen molar-refractivity contribution >= 4 is 11.5 Å². The molecule has 0 aliphatic carbocycles. The van der Waals surface area contributed by atoms with Crippen LogP contribution in [0.25, 0.3) is 0 Å². The Balaban J connectivity index is 1.56. The van der Waals surface area contributed by atoms with Crippen LogP contribution in [0.1, 0.15) is 12.8 Å². The minimum atomic E-state index is 0.306. The van der Waals surface area contributed by atoms with Crippen LogP contribution in [0.5, 0.6) is 5.75 Å². The van der Waals surface area contributed by atoms with Crippen LogP contribution in [0.2, 0.25) is 0 Å². The molecule has 0 unspecified atom stereocenters. The molecular formula is C16H19N3O. The number of hydrogen-bond acceptors (Lipinski definition) is 4. The second-order valence-electron chi connectivity index (χ2n) is 5.14. The van der Waals surface area contributed by atoms with Gasteiger partial charge in [0.25, 0.3) is 0 Å². The van der Waals surface area contributed by atoms with E-state index in [2.05, 4.69) is 21.3 Å². The summed E-state index contributed by atoms with van der Waals surface area (Å²) in [4.78, 5) is 6.72. The highest BCUT2D eigenvalue weighted by atomic mass is 16.3. The first-order valence-corrected chi connectivity index (χ1v) is 7.03. The Kier molecular flexibility index (Phi) is 3.72. The Labute approximate surface area is 119 Å². The van der Waals surface area contributed by atoms with Crippen LogP contribution in [-0.2, 0) is 0 Å². The quantitative estimate of drug-likeness (QED) is 0.899. The Morgan fingerprint density at radius 1 is 1.10 bits per heavy atom. The number of pyridine rings is 1. The third kappa shape index (κ3) is 3.02. The van der Waals surface area contributed by atoms with Crippen molar-refractivity contribution in [2.45, 2.75) is 18.9 Å². The molecule has 2 N–H and O–H groups in total. The number of hydrogen-bond donors (Lipinski definition) is 2. The van der Waals surface area contributed by atoms with Crippen LogP contribution in [0.15, 0.2) is 48.7 Å². The Bertz CT molecular complexity index is 551. The molecule has 0 radical (unpaired) electrons. The van der Waals surface area contributed by atoms with Crippen LogP contribution in [-0.4, -0.2) is 29.2 Å². The van der Waals surface area contributed by atoms with Gasteiger partial charge in [0.1, 0.15) is 11.6 Å². The van der Waals surface area contributed by atoms with E-state index in [-0.39, 0.29) is 0 Å². The first-order valence-electron chi connectivity index (χ1n) is 7.03. The molecule has 1 aliphatic heterocycles. The molecule has 0 bridgehead atoms. The maximum absolute atomic E-state index is 9.48. The molecule has 0 saturated carbocycles. The molecular weight excluding hydrogens is 250 g/mol. The molecule has 1 aliphatic rings. The van der Waals surface area contributed by atoms with Crippen molar-refractivity contribution < 1.29 is 5.11 Å². The maximum atomic E-state index is 9.48. The van der Waals surface area contributed by atoms with Crippen molar-refractivity contribution in [3.8, 4) is 5.75 Å². The number of nitrogens with zero attached hydrogens (tertiary/aromatic N) is 2. The summed E-state index contributed by atoms with van der Waals surface area (Å²) < 4.78 is 0. The molecule has 0 amide bonds. The van der Waals surface area contributed by atoms with E-state index in [4.69, 9.17) is 0 Å². The normalized spacial score (nSPS) is 16.1. The van der Waals surface area contributed by atoms with Crippen molar-refractivity contribution in [3.05, 3.63) is 48.7 Å². The van der Waals surface area contributed by atoms with Gasteiger partial charge in [0.05, 0.1) is 0 Å². The summed E-state index contributed by atoms with van der Waals surface area (Å²) in [5, 5.41) is 13.0. The summed E-state index contributed by atoms with van der Waals surface area (Å²) in [6, 6.07) is 13.8. The van der Waals surface area contributed by atoms with Gasteiger partial charge >= 0.3 is 0 Å². The predicted molar refractivity (Wildman–Crippen MR) is 81.2 cm³/mol. The second-order valence-corrected chi connectivity index (χ2v) is 5.14. The molecule has 2 aromatic rings. The van der Waals surface area contributed by atoms with Gasteiger partial charge < -0.3 is 15.3 Å². The van der Waals surface area contributed by atoms with Crippen LogP contribution in [0.3, 0.4) is 0 Å². The van der Waals surface area contributed by atoms with Crippen molar-refractivity contribution in [1.82, 2.24) is 4.98 Å². The second kappa shape index (κ2) is 5.82. The number of phenols is 1. The predicted octanol–water partition coefficient (Wildman–Crippen LogP) is 2.87. The zero-order chi connectivity index (χ0) is 13.8. The molecule has 0 atom stereocenters. The summed E-state index contributed by atoms with van der Waals surface area (Å²) in [6.07, 6.45) is 3.99. The van der Waals surface area contributed by atoms with Gasteiger partial charge in [0.15, 0.2) is 0 Å². The fourth-order valence-electron chi connectivity index (χ4n) is 2.63. The lowest BCUT2D eigenvalue weighted by Gasteiger charge is -2.33. The summed E-state index contributed by atoms with van der Waals surface area (Å²) in [5.74, 6) is 1.37. The van der Waals surface area contributed by atoms with Gasteiger partial charge in [0.2, 0.25) is 0 Å². The molecule has 1 fully saturated rings. The smallest absolute Gasteiger partial charge is 0.128 e. The summed E-state index contributed by atoms with van der Waals surface area (Å²) in [5.41, 5.74) is 0.987. The van der Waals surface area contributed by atoms with Gasteiger partial charge in [-0.3, -0.25) is 0 Å². The lowest BCUT2D eigenvalue weighted by atomic mass is 10.0. The number of anilines is 2. The molecule has 3 rings (SSSR count). The number of nitrogens with one attached hydrogen (secondary N) is 1. The molecule has 1 aromatic heterocycles. The number of aromatic hydroxyl groups is 1. The molecule has 0 spiro atoms. The zero-order valence-electron chi connectivity index (χ0n) is 11.4. The molecule has 20 heavy (non-hydrogen) atoms. The molecule has 1 aromatic carbocycles. The van der Waals surface area contributed by atoms with E-state index in [1.54, 1.807) is 12.1 Å². The highest BCUT2D eigenvalue weighted by Crippen LogP contribution is 2.22. The van der Waals surface area contributed by atoms with Gasteiger partial charge in [-0.15, -0.1) is 0 Å². The average Bonchev–Trinajstić information content (AvgIpc) is 2.49. The van der Waals surface area contributed by atoms with E-state index in [1.807, 2.05) is 30.5 Å². The number of rotatable bonds is 3. The van der Waals surface area contributed by atoms with Gasteiger partial charge in [-0.1, -0.05) is 12.1 Å². The van der Waals surface area contributed by atoms with Crippen molar-refractivity contribution in [2.24, 2.45) is 0 Å². The largest absolute Gasteiger partial charge is 0.508 e. The van der Waals surface area contributed by atoms with E-state index < -0.39 is 0 Å². The van der Waals surface area contributed by atoms with Gasteiger partial charge in [-0.05, 0) is 37.1 Å². The van der Waals surface area contributed by atoms with Gasteiger partial charge in [-0.25, -0.2) is 4.98 Å². The Morgan fingerprint density at radius 2 is 1.95 bits per heavy atom. The minimum absolute atomic E-state index is 0.306. The van der Waals surface area contributed by atoms with Crippen molar-refractivity contribution in [3.63, 3.8) is 0 Å². The number of phenolic OH excluding ortho intramolecular Hbond substituents is 1. The molecule has 4 nitrogen and oxygen atoms in total. The van der Waals surface area contributed by atoms with E-state index in [9.17, 15) is 5.11 Å². The fourth-order valence-corrected chi connectivity index (χ4v) is 2.63. The van der Waals surface area contributed by atoms with Crippen LogP contribution >= 0.6 is 0 Å². The first-order chi connectivity index (χ1) is 9.81. The molecule has 1 saturated heterocycles. The van der Waals surface area contributed by atoms with Crippen LogP contribution < -0.4 is 10.2 Å². The van der Waals surface area contributed by atoms with E-state index >= 15 is 0 Å². The van der Waals surface area contributed by atoms with Crippen LogP contribution in [0.4, 0.5) is 11.5 Å². The summed E-state index contributed by atoms with van der Waals surface area (Å²) in [6.45, 7) is 2.01. The standard InChI is InChI=1S/C16H19N3O/c20-15-5-3-4-14(12-15)18-13-7-10-19(11-8-13)16-6-1-2-9-17-16/h1-6,9,12-13,18,20H,7-8,10-11H2. The fraction of sp³-hybridized carbons (Fsp3) is 0.312. The third-order valence-electron chi connectivity index (χ3n) is 3.69. The lowest BCUT2D eigenvalue weighted by molar-refractivity contribution is 0.475. The van der Waals surface area contributed by atoms with Crippen molar-refractivity contribution in [1.29, 1.82) is 0 Å². The number of piperidine rings is 1. The summed E-state index contributed by atoms with van der Waals surface area (Å²) >= 11 is 0. The molecule has 2 heterocycles. The zero-order valence-corrected chi connectivity index (χ0v) is 11.4. The summed E-state index contributed by atoms with van der Waals surface area (Å²) in [7, 11) is 0. The third-order valence-corrected chi connectivity index (χ3v) is 3.69. The monoisotopic (exact) mass is 269 g/mol. The lowest BCUT2D eigenvalue weighted by Crippen LogP contribution is -2.39. The van der Waals surface area contributed by atoms with Crippen molar-refractivity contribution in [2.75, 3.05) is 23.3 Å². The first kappa shape index (κ1) is 12.8. The van der Waals surface area contributed by atoms with E-state index in [0.29, 0.717) is 11.8 Å². The van der Waals surface area contributed by atoms with E-state index in [1.165, 1.54) is 0 Å². The Hall–Kier alpha value is -2.23. The maximum Gasteiger partial charge on any atom is 0.128 e.